The third kappa shape index (κ3) is 19.0. The zero-order valence-electron chi connectivity index (χ0n) is 41.6. The Bertz CT molecular complexity index is 2050. The van der Waals surface area contributed by atoms with Crippen LogP contribution in [-0.4, -0.2) is 135 Å². The van der Waals surface area contributed by atoms with Crippen molar-refractivity contribution in [2.75, 3.05) is 53.7 Å². The lowest BCUT2D eigenvalue weighted by molar-refractivity contribution is -0.153. The van der Waals surface area contributed by atoms with E-state index in [9.17, 15) is 29.1 Å². The van der Waals surface area contributed by atoms with Gasteiger partial charge in [0.15, 0.2) is 0 Å². The SMILES string of the molecule is COC(=O)[C@@H]1C[C@H](OCCCOCc2ccccc2)CN1C(=O)[C@@H](N)C(C)(C)C.COC(=O)[C@@H]1C[C@H](OCCCOCc2ccccc2)CN1C(=O)[C@@H](NC(=O)Cc1cccc(O)c1)C(C)(C)C.Cl. The van der Waals surface area contributed by atoms with Crippen LogP contribution in [0.1, 0.15) is 83.9 Å². The summed E-state index contributed by atoms with van der Waals surface area (Å²) in [6.07, 6.45) is 1.60. The number of hydrogen-bond donors (Lipinski definition) is 3. The van der Waals surface area contributed by atoms with Crippen molar-refractivity contribution in [3.8, 4) is 5.75 Å². The summed E-state index contributed by atoms with van der Waals surface area (Å²) in [5.41, 5.74) is 7.97. The number of likely N-dealkylation sites (tertiary alicyclic amines) is 2. The second-order valence-corrected chi connectivity index (χ2v) is 19.4. The summed E-state index contributed by atoms with van der Waals surface area (Å²) in [5, 5.41) is 12.5. The molecule has 2 aliphatic heterocycles. The molecule has 2 saturated heterocycles. The van der Waals surface area contributed by atoms with E-state index in [2.05, 4.69) is 5.32 Å². The number of nitrogens with two attached hydrogens (primary N) is 1. The molecule has 2 fully saturated rings. The van der Waals surface area contributed by atoms with Crippen molar-refractivity contribution in [3.05, 3.63) is 102 Å². The summed E-state index contributed by atoms with van der Waals surface area (Å²) < 4.78 is 33.1. The van der Waals surface area contributed by atoms with Gasteiger partial charge in [-0.15, -0.1) is 12.4 Å². The lowest BCUT2D eigenvalue weighted by Gasteiger charge is -2.35. The monoisotopic (exact) mass is 983 g/mol. The number of methoxy groups -OCH3 is 2. The van der Waals surface area contributed by atoms with E-state index in [0.29, 0.717) is 71.0 Å². The van der Waals surface area contributed by atoms with Crippen LogP contribution in [0.2, 0.25) is 0 Å². The Hall–Kier alpha value is -5.10. The van der Waals surface area contributed by atoms with Gasteiger partial charge in [0.25, 0.3) is 0 Å². The third-order valence-electron chi connectivity index (χ3n) is 11.7. The van der Waals surface area contributed by atoms with Crippen LogP contribution in [0.3, 0.4) is 0 Å². The molecule has 3 aromatic carbocycles. The van der Waals surface area contributed by atoms with Gasteiger partial charge in [-0.1, -0.05) is 114 Å². The molecule has 0 bridgehead atoms. The maximum atomic E-state index is 13.7. The molecule has 0 aromatic heterocycles. The summed E-state index contributed by atoms with van der Waals surface area (Å²) in [5.74, 6) is -1.85. The van der Waals surface area contributed by atoms with Crippen molar-refractivity contribution in [2.45, 2.75) is 123 Å². The number of aromatic hydroxyl groups is 1. The van der Waals surface area contributed by atoms with Crippen molar-refractivity contribution in [2.24, 2.45) is 16.6 Å². The van der Waals surface area contributed by atoms with E-state index in [1.165, 1.54) is 36.2 Å². The number of phenols is 1. The highest BCUT2D eigenvalue weighted by Gasteiger charge is 2.46. The number of amides is 3. The van der Waals surface area contributed by atoms with Crippen LogP contribution in [-0.2, 0) is 72.0 Å². The fraction of sp³-hybridized carbons (Fsp3) is 0.558. The topological polar surface area (TPSA) is 205 Å². The third-order valence-corrected chi connectivity index (χ3v) is 11.7. The average molecular weight is 984 g/mol. The van der Waals surface area contributed by atoms with Crippen LogP contribution in [0, 0.1) is 10.8 Å². The highest BCUT2D eigenvalue weighted by atomic mass is 35.5. The number of benzene rings is 3. The lowest BCUT2D eigenvalue weighted by Crippen LogP contribution is -2.57. The van der Waals surface area contributed by atoms with Crippen molar-refractivity contribution in [3.63, 3.8) is 0 Å². The molecule has 16 nitrogen and oxygen atoms in total. The molecule has 2 heterocycles. The highest BCUT2D eigenvalue weighted by Crippen LogP contribution is 2.29. The Kier molecular flexibility index (Phi) is 24.1. The Morgan fingerprint density at radius 1 is 0.652 bits per heavy atom. The van der Waals surface area contributed by atoms with Crippen molar-refractivity contribution in [1.82, 2.24) is 15.1 Å². The molecule has 4 N–H and O–H groups in total. The standard InChI is InChI=1S/C30H40N2O7.C22H34N2O5.ClH/c1-30(2,3)27(31-26(34)17-22-12-8-13-23(33)16-22)28(35)32-19-24(18-25(32)29(36)37-4)39-15-9-14-38-20-21-10-6-5-7-11-21;1-22(2,3)19(23)20(25)24-14-17(13-18(24)21(26)27-4)29-12-8-11-28-15-16-9-6-5-7-10-16;/h5-8,10-13,16,24-25,27,33H,9,14-15,17-20H2,1-4H3,(H,31,34);5-7,9-10,17-19H,8,11-15,23H2,1-4H3;1H/t24-,25-,27+;17-,18-,19+;/m00./s1. The smallest absolute Gasteiger partial charge is 0.328 e. The van der Waals surface area contributed by atoms with Crippen LogP contribution in [0.25, 0.3) is 0 Å². The number of carbonyl (C=O) groups is 5. The molecule has 0 saturated carbocycles. The molecule has 0 unspecified atom stereocenters. The van der Waals surface area contributed by atoms with Gasteiger partial charge in [0.2, 0.25) is 17.7 Å². The number of esters is 2. The molecule has 0 radical (unpaired) electrons. The molecule has 6 atom stereocenters. The Morgan fingerprint density at radius 3 is 1.52 bits per heavy atom. The number of nitrogens with zero attached hydrogens (tertiary/aromatic N) is 2. The number of ether oxygens (including phenoxy) is 6. The molecule has 69 heavy (non-hydrogen) atoms. The van der Waals surface area contributed by atoms with Gasteiger partial charge >= 0.3 is 11.9 Å². The first-order valence-electron chi connectivity index (χ1n) is 23.4. The van der Waals surface area contributed by atoms with Crippen LogP contribution in [0.5, 0.6) is 5.75 Å². The van der Waals surface area contributed by atoms with E-state index in [1.807, 2.05) is 102 Å². The highest BCUT2D eigenvalue weighted by molar-refractivity contribution is 5.92. The number of carbonyl (C=O) groups excluding carboxylic acids is 5. The zero-order valence-corrected chi connectivity index (χ0v) is 42.4. The maximum Gasteiger partial charge on any atom is 0.328 e. The van der Waals surface area contributed by atoms with E-state index >= 15 is 0 Å². The van der Waals surface area contributed by atoms with Gasteiger partial charge in [-0.2, -0.15) is 0 Å². The van der Waals surface area contributed by atoms with Crippen LogP contribution >= 0.6 is 12.4 Å². The molecule has 0 spiro atoms. The summed E-state index contributed by atoms with van der Waals surface area (Å²) in [7, 11) is 2.62. The first-order valence-corrected chi connectivity index (χ1v) is 23.4. The maximum absolute atomic E-state index is 13.7. The predicted molar refractivity (Wildman–Crippen MR) is 263 cm³/mol. The van der Waals surface area contributed by atoms with Crippen LogP contribution in [0.15, 0.2) is 84.9 Å². The number of halogens is 1. The van der Waals surface area contributed by atoms with Gasteiger partial charge in [-0.05, 0) is 52.5 Å². The van der Waals surface area contributed by atoms with Crippen molar-refractivity contribution >= 4 is 42.1 Å². The molecule has 0 aliphatic carbocycles. The number of hydrogen-bond acceptors (Lipinski definition) is 13. The summed E-state index contributed by atoms with van der Waals surface area (Å²) >= 11 is 0. The fourth-order valence-electron chi connectivity index (χ4n) is 7.82. The summed E-state index contributed by atoms with van der Waals surface area (Å²) in [6.45, 7) is 15.0. The second kappa shape index (κ2) is 28.5. The summed E-state index contributed by atoms with van der Waals surface area (Å²) in [6, 6.07) is 23.3. The van der Waals surface area contributed by atoms with Crippen LogP contribution < -0.4 is 11.1 Å². The van der Waals surface area contributed by atoms with E-state index in [4.69, 9.17) is 34.2 Å². The van der Waals surface area contributed by atoms with E-state index in [0.717, 1.165) is 17.5 Å². The summed E-state index contributed by atoms with van der Waals surface area (Å²) in [4.78, 5) is 67.2. The van der Waals surface area contributed by atoms with Crippen LogP contribution in [0.4, 0.5) is 0 Å². The molecule has 17 heteroatoms. The molecule has 5 rings (SSSR count). The van der Waals surface area contributed by atoms with Crippen molar-refractivity contribution < 1.29 is 57.5 Å². The second-order valence-electron chi connectivity index (χ2n) is 19.4. The fourth-order valence-corrected chi connectivity index (χ4v) is 7.82. The van der Waals surface area contributed by atoms with Gasteiger partial charge in [0, 0.05) is 52.4 Å². The minimum Gasteiger partial charge on any atom is -0.508 e. The molecular formula is C52H75ClN4O12. The molecule has 3 aromatic rings. The number of rotatable bonds is 21. The molecule has 3 amide bonds. The molecule has 2 aliphatic rings. The lowest BCUT2D eigenvalue weighted by atomic mass is 9.85. The van der Waals surface area contributed by atoms with E-state index in [-0.39, 0.29) is 61.1 Å². The van der Waals surface area contributed by atoms with Gasteiger partial charge < -0.3 is 54.4 Å². The normalized spacial score (nSPS) is 18.8. The average Bonchev–Trinajstić information content (AvgIpc) is 3.95. The van der Waals surface area contributed by atoms with E-state index < -0.39 is 46.9 Å². The Balaban J connectivity index is 0.000000376. The Morgan fingerprint density at radius 2 is 1.10 bits per heavy atom. The number of phenolic OH excluding ortho intramolecular Hbond substituents is 1. The molecule has 382 valence electrons. The largest absolute Gasteiger partial charge is 0.508 e. The number of nitrogens with one attached hydrogen (secondary N) is 1. The van der Waals surface area contributed by atoms with Crippen molar-refractivity contribution in [1.29, 1.82) is 0 Å². The Labute approximate surface area is 414 Å². The van der Waals surface area contributed by atoms with Gasteiger partial charge in [-0.25, -0.2) is 9.59 Å². The first kappa shape index (κ1) is 58.2. The minimum absolute atomic E-state index is 0. The first-order chi connectivity index (χ1) is 32.3. The van der Waals surface area contributed by atoms with Gasteiger partial charge in [0.1, 0.15) is 23.9 Å². The van der Waals surface area contributed by atoms with Gasteiger partial charge in [0.05, 0.1) is 52.1 Å². The predicted octanol–water partition coefficient (Wildman–Crippen LogP) is 5.78. The molecular weight excluding hydrogens is 908 g/mol. The zero-order chi connectivity index (χ0) is 49.9. The quantitative estimate of drug-likeness (QED) is 0.0857. The van der Waals surface area contributed by atoms with Gasteiger partial charge in [-0.3, -0.25) is 14.4 Å². The van der Waals surface area contributed by atoms with E-state index in [1.54, 1.807) is 12.1 Å². The minimum atomic E-state index is -0.875.